The smallest absolute Gasteiger partial charge is 0.266 e. The maximum atomic E-state index is 12.5. The number of likely N-dealkylation sites (N-methyl/N-ethyl adjacent to an activating group) is 1. The molecule has 1 N–H and O–H groups in total. The number of hydrogen-bond donors (Lipinski definition) is 1. The average molecular weight is 409 g/mol. The molecule has 1 amide bonds. The number of methoxy groups -OCH3 is 1. The van der Waals surface area contributed by atoms with Crippen LogP contribution in [0.5, 0.6) is 11.5 Å². The van der Waals surface area contributed by atoms with Gasteiger partial charge in [0.2, 0.25) is 0 Å². The van der Waals surface area contributed by atoms with Crippen molar-refractivity contribution in [3.63, 3.8) is 0 Å². The Morgan fingerprint density at radius 3 is 2.58 bits per heavy atom. The summed E-state index contributed by atoms with van der Waals surface area (Å²) in [6.45, 7) is 0. The third-order valence-corrected chi connectivity index (χ3v) is 5.28. The van der Waals surface area contributed by atoms with Gasteiger partial charge in [-0.05, 0) is 53.7 Å². The van der Waals surface area contributed by atoms with Crippen molar-refractivity contribution in [2.75, 3.05) is 14.2 Å². The first-order chi connectivity index (χ1) is 12.4. The molecule has 134 valence electrons. The number of aliphatic imine (C=N–C) groups is 1. The topological polar surface area (TPSA) is 62.1 Å². The molecule has 5 nitrogen and oxygen atoms in total. The summed E-state index contributed by atoms with van der Waals surface area (Å²) in [4.78, 5) is 18.9. The van der Waals surface area contributed by atoms with Crippen LogP contribution >= 0.6 is 35.0 Å². The summed E-state index contributed by atoms with van der Waals surface area (Å²) in [7, 11) is 3.10. The zero-order chi connectivity index (χ0) is 18.8. The molecule has 0 bridgehead atoms. The maximum absolute atomic E-state index is 12.5. The van der Waals surface area contributed by atoms with Crippen LogP contribution in [-0.4, -0.2) is 35.2 Å². The Labute approximate surface area is 164 Å². The minimum Gasteiger partial charge on any atom is -0.504 e. The first kappa shape index (κ1) is 18.6. The Kier molecular flexibility index (Phi) is 5.46. The lowest BCUT2D eigenvalue weighted by Gasteiger charge is -2.07. The predicted octanol–water partition coefficient (Wildman–Crippen LogP) is 4.94. The highest BCUT2D eigenvalue weighted by molar-refractivity contribution is 8.18. The average Bonchev–Trinajstić information content (AvgIpc) is 2.87. The van der Waals surface area contributed by atoms with Crippen LogP contribution in [0.3, 0.4) is 0 Å². The first-order valence-corrected chi connectivity index (χ1v) is 9.04. The van der Waals surface area contributed by atoms with Crippen molar-refractivity contribution in [1.29, 1.82) is 0 Å². The van der Waals surface area contributed by atoms with E-state index in [2.05, 4.69) is 4.99 Å². The molecule has 2 aromatic carbocycles. The molecular weight excluding hydrogens is 395 g/mol. The van der Waals surface area contributed by atoms with Gasteiger partial charge < -0.3 is 9.84 Å². The van der Waals surface area contributed by atoms with Gasteiger partial charge in [-0.2, -0.15) is 0 Å². The second-order valence-corrected chi connectivity index (χ2v) is 7.24. The zero-order valence-corrected chi connectivity index (χ0v) is 16.2. The summed E-state index contributed by atoms with van der Waals surface area (Å²) in [6.07, 6.45) is 1.65. The number of benzene rings is 2. The van der Waals surface area contributed by atoms with E-state index in [4.69, 9.17) is 27.9 Å². The van der Waals surface area contributed by atoms with Gasteiger partial charge in [-0.1, -0.05) is 23.2 Å². The molecule has 3 rings (SSSR count). The largest absolute Gasteiger partial charge is 0.504 e. The fourth-order valence-corrected chi connectivity index (χ4v) is 3.57. The number of ether oxygens (including phenoxy) is 1. The van der Waals surface area contributed by atoms with Crippen molar-refractivity contribution in [2.45, 2.75) is 0 Å². The van der Waals surface area contributed by atoms with Crippen LogP contribution in [0, 0.1) is 0 Å². The van der Waals surface area contributed by atoms with Crippen molar-refractivity contribution >= 4 is 57.8 Å². The molecule has 0 unspecified atom stereocenters. The molecule has 0 spiro atoms. The Morgan fingerprint density at radius 2 is 1.92 bits per heavy atom. The molecule has 8 heteroatoms. The normalized spacial score (nSPS) is 17.4. The number of phenolic OH excluding ortho intramolecular Hbond substituents is 1. The fraction of sp³-hybridized carbons (Fsp3) is 0.111. The molecule has 1 saturated heterocycles. The van der Waals surface area contributed by atoms with Crippen LogP contribution in [-0.2, 0) is 4.79 Å². The summed E-state index contributed by atoms with van der Waals surface area (Å²) in [6, 6.07) is 9.98. The number of nitrogens with zero attached hydrogens (tertiary/aromatic N) is 2. The van der Waals surface area contributed by atoms with Gasteiger partial charge in [-0.25, -0.2) is 4.99 Å². The Bertz CT molecular complexity index is 927. The predicted molar refractivity (Wildman–Crippen MR) is 107 cm³/mol. The number of aromatic hydroxyl groups is 1. The summed E-state index contributed by atoms with van der Waals surface area (Å²) in [5.41, 5.74) is 1.26. The van der Waals surface area contributed by atoms with E-state index < -0.39 is 0 Å². The van der Waals surface area contributed by atoms with Gasteiger partial charge in [-0.3, -0.25) is 9.69 Å². The Balaban J connectivity index is 1.94. The highest BCUT2D eigenvalue weighted by Gasteiger charge is 2.30. The summed E-state index contributed by atoms with van der Waals surface area (Å²) in [5.74, 6) is 0.0260. The first-order valence-electron chi connectivity index (χ1n) is 7.47. The molecule has 1 heterocycles. The van der Waals surface area contributed by atoms with Crippen LogP contribution in [0.4, 0.5) is 5.69 Å². The van der Waals surface area contributed by atoms with Gasteiger partial charge in [0, 0.05) is 18.1 Å². The minimum atomic E-state index is -0.189. The number of carbonyl (C=O) groups excluding carboxylic acids is 1. The lowest BCUT2D eigenvalue weighted by Crippen LogP contribution is -2.23. The van der Waals surface area contributed by atoms with E-state index in [1.165, 1.54) is 29.8 Å². The summed E-state index contributed by atoms with van der Waals surface area (Å²) < 4.78 is 5.09. The van der Waals surface area contributed by atoms with E-state index in [1.54, 1.807) is 43.5 Å². The lowest BCUT2D eigenvalue weighted by atomic mass is 10.2. The van der Waals surface area contributed by atoms with Crippen LogP contribution < -0.4 is 4.74 Å². The number of halogens is 2. The van der Waals surface area contributed by atoms with Crippen molar-refractivity contribution < 1.29 is 14.6 Å². The van der Waals surface area contributed by atoms with Crippen LogP contribution in [0.15, 0.2) is 46.3 Å². The van der Waals surface area contributed by atoms with E-state index in [9.17, 15) is 9.90 Å². The van der Waals surface area contributed by atoms with Crippen molar-refractivity contribution in [3.8, 4) is 11.5 Å². The maximum Gasteiger partial charge on any atom is 0.266 e. The van der Waals surface area contributed by atoms with Gasteiger partial charge in [-0.15, -0.1) is 0 Å². The SMILES string of the molecule is COc1cc(/C=C2\SC(=Nc3ccc(Cl)cc3)N(C)C2=O)c(Cl)cc1O. The molecule has 26 heavy (non-hydrogen) atoms. The van der Waals surface area contributed by atoms with Crippen LogP contribution in [0.1, 0.15) is 5.56 Å². The zero-order valence-electron chi connectivity index (χ0n) is 13.9. The Morgan fingerprint density at radius 1 is 1.23 bits per heavy atom. The molecule has 0 aliphatic carbocycles. The van der Waals surface area contributed by atoms with E-state index >= 15 is 0 Å². The highest BCUT2D eigenvalue weighted by Crippen LogP contribution is 2.37. The molecule has 0 saturated carbocycles. The minimum absolute atomic E-state index is 0.0628. The fourth-order valence-electron chi connectivity index (χ4n) is 2.25. The molecule has 0 atom stereocenters. The Hall–Kier alpha value is -2.15. The molecule has 2 aromatic rings. The number of hydrogen-bond acceptors (Lipinski definition) is 5. The number of amides is 1. The third kappa shape index (κ3) is 3.82. The quantitative estimate of drug-likeness (QED) is 0.730. The number of rotatable bonds is 3. The van der Waals surface area contributed by atoms with E-state index in [-0.39, 0.29) is 17.4 Å². The molecule has 0 aromatic heterocycles. The molecular formula is C18H14Cl2N2O3S. The van der Waals surface area contributed by atoms with Gasteiger partial charge in [0.25, 0.3) is 5.91 Å². The van der Waals surface area contributed by atoms with Crippen LogP contribution in [0.25, 0.3) is 6.08 Å². The number of carbonyl (C=O) groups is 1. The van der Waals surface area contributed by atoms with Crippen molar-refractivity contribution in [3.05, 3.63) is 56.9 Å². The van der Waals surface area contributed by atoms with Gasteiger partial charge >= 0.3 is 0 Å². The van der Waals surface area contributed by atoms with Crippen molar-refractivity contribution in [2.24, 2.45) is 4.99 Å². The lowest BCUT2D eigenvalue weighted by molar-refractivity contribution is -0.121. The second-order valence-electron chi connectivity index (χ2n) is 5.39. The second kappa shape index (κ2) is 7.61. The molecule has 1 aliphatic heterocycles. The van der Waals surface area contributed by atoms with E-state index in [0.717, 1.165) is 0 Å². The molecule has 0 radical (unpaired) electrons. The summed E-state index contributed by atoms with van der Waals surface area (Å²) >= 11 is 13.3. The summed E-state index contributed by atoms with van der Waals surface area (Å²) in [5, 5.41) is 11.2. The molecule has 1 aliphatic rings. The van der Waals surface area contributed by atoms with Crippen molar-refractivity contribution in [1.82, 2.24) is 4.90 Å². The highest BCUT2D eigenvalue weighted by atomic mass is 35.5. The van der Waals surface area contributed by atoms with E-state index in [1.807, 2.05) is 0 Å². The standard InChI is InChI=1S/C18H14Cl2N2O3S/c1-22-17(24)16(8-10-7-15(25-2)14(23)9-13(10)20)26-18(22)21-12-5-3-11(19)4-6-12/h3-9,23H,1-2H3/b16-8-,21-18?. The monoisotopic (exact) mass is 408 g/mol. The van der Waals surface area contributed by atoms with Gasteiger partial charge in [0.15, 0.2) is 16.7 Å². The number of thioether (sulfide) groups is 1. The van der Waals surface area contributed by atoms with E-state index in [0.29, 0.717) is 31.4 Å². The third-order valence-electron chi connectivity index (χ3n) is 3.64. The molecule has 1 fully saturated rings. The van der Waals surface area contributed by atoms with Gasteiger partial charge in [0.05, 0.1) is 22.7 Å². The number of amidine groups is 1. The number of phenols is 1. The van der Waals surface area contributed by atoms with Crippen LogP contribution in [0.2, 0.25) is 10.0 Å². The van der Waals surface area contributed by atoms with Gasteiger partial charge in [0.1, 0.15) is 0 Å².